The molecule has 26 heavy (non-hydrogen) atoms. The Bertz CT molecular complexity index is 742. The van der Waals surface area contributed by atoms with Gasteiger partial charge < -0.3 is 14.8 Å². The van der Waals surface area contributed by atoms with Crippen LogP contribution in [0.4, 0.5) is 0 Å². The maximum atomic E-state index is 12.1. The van der Waals surface area contributed by atoms with Gasteiger partial charge in [-0.2, -0.15) is 11.8 Å². The van der Waals surface area contributed by atoms with Crippen LogP contribution in [-0.4, -0.2) is 31.4 Å². The Morgan fingerprint density at radius 1 is 1.19 bits per heavy atom. The van der Waals surface area contributed by atoms with Crippen LogP contribution in [0.15, 0.2) is 42.5 Å². The molecule has 0 fully saturated rings. The van der Waals surface area contributed by atoms with E-state index in [2.05, 4.69) is 5.32 Å². The first kappa shape index (κ1) is 20.7. The number of para-hydroxylation sites is 2. The summed E-state index contributed by atoms with van der Waals surface area (Å²) in [6.45, 7) is 2.26. The molecule has 140 valence electrons. The van der Waals surface area contributed by atoms with Crippen LogP contribution >= 0.6 is 35.0 Å². The van der Waals surface area contributed by atoms with Gasteiger partial charge in [0, 0.05) is 28.1 Å². The molecule has 0 aliphatic carbocycles. The van der Waals surface area contributed by atoms with E-state index in [0.717, 1.165) is 17.1 Å². The molecular formula is C19H21Cl2NO3S. The van der Waals surface area contributed by atoms with Crippen molar-refractivity contribution in [2.75, 3.05) is 19.4 Å². The van der Waals surface area contributed by atoms with Crippen LogP contribution in [0.5, 0.6) is 11.5 Å². The van der Waals surface area contributed by atoms with E-state index in [1.54, 1.807) is 44.0 Å². The first-order chi connectivity index (χ1) is 12.5. The van der Waals surface area contributed by atoms with Gasteiger partial charge in [-0.1, -0.05) is 41.4 Å². The Morgan fingerprint density at radius 2 is 1.92 bits per heavy atom. The topological polar surface area (TPSA) is 47.6 Å². The van der Waals surface area contributed by atoms with Crippen molar-refractivity contribution in [2.45, 2.75) is 18.8 Å². The second kappa shape index (κ2) is 10.6. The Morgan fingerprint density at radius 3 is 2.62 bits per heavy atom. The molecule has 0 aliphatic heterocycles. The Hall–Kier alpha value is -1.56. The van der Waals surface area contributed by atoms with Gasteiger partial charge in [-0.3, -0.25) is 4.79 Å². The molecule has 1 atom stereocenters. The molecule has 0 saturated heterocycles. The van der Waals surface area contributed by atoms with Crippen LogP contribution in [0.25, 0.3) is 0 Å². The third-order valence-electron chi connectivity index (χ3n) is 3.56. The van der Waals surface area contributed by atoms with Gasteiger partial charge in [0.05, 0.1) is 7.11 Å². The zero-order chi connectivity index (χ0) is 18.9. The lowest BCUT2D eigenvalue weighted by molar-refractivity contribution is -0.127. The SMILES string of the molecule is COc1ccccc1O[C@@H](C)C(=O)NCCSCc1ccc(Cl)cc1Cl. The van der Waals surface area contributed by atoms with Gasteiger partial charge in [0.1, 0.15) is 0 Å². The summed E-state index contributed by atoms with van der Waals surface area (Å²) in [5.41, 5.74) is 1.03. The number of benzene rings is 2. The van der Waals surface area contributed by atoms with Crippen molar-refractivity contribution in [2.24, 2.45) is 0 Å². The highest BCUT2D eigenvalue weighted by Gasteiger charge is 2.16. The average Bonchev–Trinajstić information content (AvgIpc) is 2.63. The fraction of sp³-hybridized carbons (Fsp3) is 0.316. The lowest BCUT2D eigenvalue weighted by atomic mass is 10.2. The lowest BCUT2D eigenvalue weighted by Crippen LogP contribution is -2.37. The van der Waals surface area contributed by atoms with Crippen LogP contribution in [0.1, 0.15) is 12.5 Å². The van der Waals surface area contributed by atoms with E-state index in [1.807, 2.05) is 24.3 Å². The molecule has 4 nitrogen and oxygen atoms in total. The monoisotopic (exact) mass is 413 g/mol. The van der Waals surface area contributed by atoms with E-state index in [1.165, 1.54) is 0 Å². The van der Waals surface area contributed by atoms with Gasteiger partial charge in [0.15, 0.2) is 17.6 Å². The maximum Gasteiger partial charge on any atom is 0.260 e. The minimum absolute atomic E-state index is 0.166. The fourth-order valence-electron chi connectivity index (χ4n) is 2.17. The van der Waals surface area contributed by atoms with Crippen LogP contribution < -0.4 is 14.8 Å². The van der Waals surface area contributed by atoms with Crippen molar-refractivity contribution in [1.29, 1.82) is 0 Å². The molecule has 2 aromatic rings. The third kappa shape index (κ3) is 6.31. The number of rotatable bonds is 9. The van der Waals surface area contributed by atoms with Crippen LogP contribution in [0.2, 0.25) is 10.0 Å². The number of nitrogens with one attached hydrogen (secondary N) is 1. The van der Waals surface area contributed by atoms with Crippen LogP contribution in [0.3, 0.4) is 0 Å². The molecule has 0 heterocycles. The second-order valence-electron chi connectivity index (χ2n) is 5.49. The van der Waals surface area contributed by atoms with E-state index < -0.39 is 6.10 Å². The van der Waals surface area contributed by atoms with Gasteiger partial charge >= 0.3 is 0 Å². The molecule has 7 heteroatoms. The third-order valence-corrected chi connectivity index (χ3v) is 5.16. The number of methoxy groups -OCH3 is 1. The summed E-state index contributed by atoms with van der Waals surface area (Å²) in [6.07, 6.45) is -0.609. The Labute approximate surface area is 168 Å². The fourth-order valence-corrected chi connectivity index (χ4v) is 3.59. The summed E-state index contributed by atoms with van der Waals surface area (Å²) in [6, 6.07) is 12.7. The predicted octanol–water partition coefficient (Wildman–Crippen LogP) is 4.82. The number of hydrogen-bond acceptors (Lipinski definition) is 4. The van der Waals surface area contributed by atoms with Crippen molar-refractivity contribution in [3.05, 3.63) is 58.1 Å². The van der Waals surface area contributed by atoms with Gasteiger partial charge in [-0.25, -0.2) is 0 Å². The molecule has 0 aromatic heterocycles. The van der Waals surface area contributed by atoms with Gasteiger partial charge in [-0.15, -0.1) is 0 Å². The Kier molecular flexibility index (Phi) is 8.42. The standard InChI is InChI=1S/C19H21Cl2NO3S/c1-13(25-18-6-4-3-5-17(18)24-2)19(23)22-9-10-26-12-14-7-8-15(20)11-16(14)21/h3-8,11,13H,9-10,12H2,1-2H3,(H,22,23)/t13-/m0/s1. The molecule has 0 saturated carbocycles. The number of halogens is 2. The summed E-state index contributed by atoms with van der Waals surface area (Å²) < 4.78 is 10.9. The van der Waals surface area contributed by atoms with E-state index in [0.29, 0.717) is 28.1 Å². The first-order valence-corrected chi connectivity index (χ1v) is 10.0. The largest absolute Gasteiger partial charge is 0.493 e. The van der Waals surface area contributed by atoms with Crippen molar-refractivity contribution >= 4 is 40.9 Å². The van der Waals surface area contributed by atoms with E-state index >= 15 is 0 Å². The van der Waals surface area contributed by atoms with Gasteiger partial charge in [0.25, 0.3) is 5.91 Å². The lowest BCUT2D eigenvalue weighted by Gasteiger charge is -2.16. The quantitative estimate of drug-likeness (QED) is 0.598. The molecule has 0 bridgehead atoms. The maximum absolute atomic E-state index is 12.1. The number of thioether (sulfide) groups is 1. The Balaban J connectivity index is 1.71. The summed E-state index contributed by atoms with van der Waals surface area (Å²) in [4.78, 5) is 12.1. The first-order valence-electron chi connectivity index (χ1n) is 8.10. The molecule has 0 spiro atoms. The van der Waals surface area contributed by atoms with Crippen molar-refractivity contribution in [1.82, 2.24) is 5.32 Å². The van der Waals surface area contributed by atoms with Crippen molar-refractivity contribution in [3.8, 4) is 11.5 Å². The molecule has 1 N–H and O–H groups in total. The minimum atomic E-state index is -0.609. The molecule has 0 aliphatic rings. The molecule has 0 unspecified atom stereocenters. The number of ether oxygens (including phenoxy) is 2. The molecular weight excluding hydrogens is 393 g/mol. The summed E-state index contributed by atoms with van der Waals surface area (Å²) in [5, 5.41) is 4.16. The zero-order valence-electron chi connectivity index (χ0n) is 14.6. The van der Waals surface area contributed by atoms with Crippen molar-refractivity contribution in [3.63, 3.8) is 0 Å². The normalized spacial score (nSPS) is 11.7. The molecule has 2 rings (SSSR count). The summed E-state index contributed by atoms with van der Waals surface area (Å²) in [5.74, 6) is 2.51. The van der Waals surface area contributed by atoms with Gasteiger partial charge in [-0.05, 0) is 36.8 Å². The number of amides is 1. The second-order valence-corrected chi connectivity index (χ2v) is 7.44. The summed E-state index contributed by atoms with van der Waals surface area (Å²) in [7, 11) is 1.57. The zero-order valence-corrected chi connectivity index (χ0v) is 17.0. The molecule has 0 radical (unpaired) electrons. The predicted molar refractivity (Wildman–Crippen MR) is 109 cm³/mol. The van der Waals surface area contributed by atoms with Crippen LogP contribution in [0, 0.1) is 0 Å². The molecule has 1 amide bonds. The average molecular weight is 414 g/mol. The summed E-state index contributed by atoms with van der Waals surface area (Å²) >= 11 is 13.7. The number of carbonyl (C=O) groups excluding carboxylic acids is 1. The molecule has 2 aromatic carbocycles. The highest BCUT2D eigenvalue weighted by Crippen LogP contribution is 2.27. The van der Waals surface area contributed by atoms with E-state index in [4.69, 9.17) is 32.7 Å². The highest BCUT2D eigenvalue weighted by atomic mass is 35.5. The van der Waals surface area contributed by atoms with E-state index in [9.17, 15) is 4.79 Å². The number of carbonyl (C=O) groups is 1. The van der Waals surface area contributed by atoms with Gasteiger partial charge in [0.2, 0.25) is 0 Å². The number of hydrogen-bond donors (Lipinski definition) is 1. The van der Waals surface area contributed by atoms with Crippen molar-refractivity contribution < 1.29 is 14.3 Å². The highest BCUT2D eigenvalue weighted by molar-refractivity contribution is 7.98. The smallest absolute Gasteiger partial charge is 0.260 e. The van der Waals surface area contributed by atoms with E-state index in [-0.39, 0.29) is 5.91 Å². The minimum Gasteiger partial charge on any atom is -0.493 e. The van der Waals surface area contributed by atoms with Crippen LogP contribution in [-0.2, 0) is 10.5 Å².